The molecule has 0 amide bonds. The van der Waals surface area contributed by atoms with Crippen molar-refractivity contribution in [3.05, 3.63) is 22.3 Å². The highest BCUT2D eigenvalue weighted by Crippen LogP contribution is 2.21. The fourth-order valence-electron chi connectivity index (χ4n) is 2.38. The van der Waals surface area contributed by atoms with E-state index in [0.29, 0.717) is 12.0 Å². The molecule has 2 heterocycles. The van der Waals surface area contributed by atoms with E-state index < -0.39 is 0 Å². The highest BCUT2D eigenvalue weighted by molar-refractivity contribution is 9.10. The van der Waals surface area contributed by atoms with Crippen LogP contribution in [0.5, 0.6) is 0 Å². The molecule has 17 heavy (non-hydrogen) atoms. The van der Waals surface area contributed by atoms with Crippen molar-refractivity contribution in [1.82, 2.24) is 9.88 Å². The fraction of sp³-hybridized carbons (Fsp3) is 0.615. The van der Waals surface area contributed by atoms with E-state index in [1.54, 1.807) is 0 Å². The summed E-state index contributed by atoms with van der Waals surface area (Å²) >= 11 is 3.48. The fourth-order valence-corrected chi connectivity index (χ4v) is 2.60. The van der Waals surface area contributed by atoms with Crippen LogP contribution in [0, 0.1) is 12.8 Å². The molecule has 2 atom stereocenters. The van der Waals surface area contributed by atoms with Crippen molar-refractivity contribution in [1.29, 1.82) is 0 Å². The van der Waals surface area contributed by atoms with Gasteiger partial charge in [0.15, 0.2) is 0 Å². The number of rotatable bonds is 2. The van der Waals surface area contributed by atoms with Gasteiger partial charge in [-0.2, -0.15) is 0 Å². The van der Waals surface area contributed by atoms with Crippen LogP contribution in [0.25, 0.3) is 0 Å². The summed E-state index contributed by atoms with van der Waals surface area (Å²) in [4.78, 5) is 6.94. The Balaban J connectivity index is 2.02. The molecule has 2 unspecified atom stereocenters. The van der Waals surface area contributed by atoms with Gasteiger partial charge in [0.25, 0.3) is 0 Å². The van der Waals surface area contributed by atoms with E-state index in [1.807, 2.05) is 13.0 Å². The summed E-state index contributed by atoms with van der Waals surface area (Å²) in [6, 6.07) is 4.64. The van der Waals surface area contributed by atoms with E-state index >= 15 is 0 Å². The molecule has 1 aliphatic rings. The number of nitrogens with one attached hydrogen (secondary N) is 1. The number of aromatic nitrogens is 1. The molecular formula is C13H20BrN3. The summed E-state index contributed by atoms with van der Waals surface area (Å²) in [5.74, 6) is 1.66. The molecule has 1 fully saturated rings. The molecule has 1 N–H and O–H groups in total. The molecule has 4 heteroatoms. The first kappa shape index (κ1) is 12.8. The Bertz CT molecular complexity index is 394. The quantitative estimate of drug-likeness (QED) is 0.910. The van der Waals surface area contributed by atoms with Crippen LogP contribution in [0.2, 0.25) is 0 Å². The molecule has 0 spiro atoms. The minimum Gasteiger partial charge on any atom is -0.367 e. The van der Waals surface area contributed by atoms with Crippen molar-refractivity contribution in [2.24, 2.45) is 5.92 Å². The van der Waals surface area contributed by atoms with Gasteiger partial charge in [0, 0.05) is 17.1 Å². The van der Waals surface area contributed by atoms with Crippen LogP contribution in [0.3, 0.4) is 0 Å². The molecule has 94 valence electrons. The highest BCUT2D eigenvalue weighted by Gasteiger charge is 2.24. The molecule has 0 saturated carbocycles. The van der Waals surface area contributed by atoms with Crippen molar-refractivity contribution < 1.29 is 0 Å². The van der Waals surface area contributed by atoms with Crippen LogP contribution < -0.4 is 5.32 Å². The second kappa shape index (κ2) is 5.36. The number of halogens is 1. The van der Waals surface area contributed by atoms with Crippen LogP contribution in [0.15, 0.2) is 16.6 Å². The first-order chi connectivity index (χ1) is 8.06. The summed E-state index contributed by atoms with van der Waals surface area (Å²) in [6.45, 7) is 6.65. The Morgan fingerprint density at radius 2 is 2.24 bits per heavy atom. The number of pyridine rings is 1. The number of likely N-dealkylation sites (tertiary alicyclic amines) is 1. The van der Waals surface area contributed by atoms with Gasteiger partial charge in [0.1, 0.15) is 5.82 Å². The predicted octanol–water partition coefficient (Wildman–Crippen LogP) is 2.90. The monoisotopic (exact) mass is 297 g/mol. The Labute approximate surface area is 112 Å². The van der Waals surface area contributed by atoms with Gasteiger partial charge >= 0.3 is 0 Å². The highest BCUT2D eigenvalue weighted by atomic mass is 79.9. The van der Waals surface area contributed by atoms with E-state index in [9.17, 15) is 0 Å². The van der Waals surface area contributed by atoms with Crippen molar-refractivity contribution in [3.63, 3.8) is 0 Å². The van der Waals surface area contributed by atoms with Gasteiger partial charge in [-0.05, 0) is 60.9 Å². The van der Waals surface area contributed by atoms with E-state index in [2.05, 4.69) is 51.2 Å². The lowest BCUT2D eigenvalue weighted by molar-refractivity contribution is 0.206. The zero-order chi connectivity index (χ0) is 12.4. The van der Waals surface area contributed by atoms with Crippen molar-refractivity contribution in [2.75, 3.05) is 25.5 Å². The third kappa shape index (κ3) is 3.19. The minimum atomic E-state index is 0.541. The van der Waals surface area contributed by atoms with E-state index in [4.69, 9.17) is 0 Å². The lowest BCUT2D eigenvalue weighted by Gasteiger charge is -2.35. The van der Waals surface area contributed by atoms with E-state index in [1.165, 1.54) is 6.42 Å². The average Bonchev–Trinajstić information content (AvgIpc) is 2.27. The van der Waals surface area contributed by atoms with Crippen molar-refractivity contribution in [2.45, 2.75) is 26.3 Å². The van der Waals surface area contributed by atoms with Crippen molar-refractivity contribution in [3.8, 4) is 0 Å². The average molecular weight is 298 g/mol. The molecular weight excluding hydrogens is 278 g/mol. The number of piperidine rings is 1. The van der Waals surface area contributed by atoms with Gasteiger partial charge in [-0.15, -0.1) is 0 Å². The molecule has 1 aromatic rings. The summed E-state index contributed by atoms with van der Waals surface area (Å²) in [5.41, 5.74) is 1.04. The third-order valence-corrected chi connectivity index (χ3v) is 4.30. The standard InChI is InChI=1S/C13H20BrN3/c1-9-8-17(3)7-6-12(9)16-13-5-4-11(14)10(2)15-13/h4-5,9,12H,6-8H2,1-3H3,(H,15,16). The largest absolute Gasteiger partial charge is 0.367 e. The van der Waals surface area contributed by atoms with E-state index in [0.717, 1.165) is 29.1 Å². The van der Waals surface area contributed by atoms with Crippen LogP contribution in [0.4, 0.5) is 5.82 Å². The molecule has 1 saturated heterocycles. The van der Waals surface area contributed by atoms with Crippen LogP contribution in [-0.4, -0.2) is 36.1 Å². The SMILES string of the molecule is Cc1nc(NC2CCN(C)CC2C)ccc1Br. The Morgan fingerprint density at radius 3 is 2.88 bits per heavy atom. The van der Waals surface area contributed by atoms with E-state index in [-0.39, 0.29) is 0 Å². The maximum absolute atomic E-state index is 4.55. The second-order valence-electron chi connectivity index (χ2n) is 5.04. The molecule has 0 radical (unpaired) electrons. The zero-order valence-corrected chi connectivity index (χ0v) is 12.3. The van der Waals surface area contributed by atoms with Gasteiger partial charge in [-0.1, -0.05) is 6.92 Å². The summed E-state index contributed by atoms with van der Waals surface area (Å²) in [6.07, 6.45) is 1.19. The number of nitrogens with zero attached hydrogens (tertiary/aromatic N) is 2. The molecule has 0 aromatic carbocycles. The Kier molecular flexibility index (Phi) is 4.05. The lowest BCUT2D eigenvalue weighted by Crippen LogP contribution is -2.43. The molecule has 0 aliphatic carbocycles. The molecule has 1 aliphatic heterocycles. The molecule has 3 nitrogen and oxygen atoms in total. The third-order valence-electron chi connectivity index (χ3n) is 3.46. The van der Waals surface area contributed by atoms with Crippen LogP contribution in [-0.2, 0) is 0 Å². The Hall–Kier alpha value is -0.610. The second-order valence-corrected chi connectivity index (χ2v) is 5.90. The normalized spacial score (nSPS) is 25.9. The van der Waals surface area contributed by atoms with Gasteiger partial charge < -0.3 is 10.2 Å². The maximum atomic E-state index is 4.55. The smallest absolute Gasteiger partial charge is 0.126 e. The van der Waals surface area contributed by atoms with Crippen molar-refractivity contribution >= 4 is 21.7 Å². The first-order valence-electron chi connectivity index (χ1n) is 6.14. The van der Waals surface area contributed by atoms with Gasteiger partial charge in [-0.25, -0.2) is 4.98 Å². The summed E-state index contributed by atoms with van der Waals surface area (Å²) < 4.78 is 1.07. The number of hydrogen-bond acceptors (Lipinski definition) is 3. The topological polar surface area (TPSA) is 28.2 Å². The van der Waals surface area contributed by atoms with Crippen LogP contribution >= 0.6 is 15.9 Å². The molecule has 1 aromatic heterocycles. The summed E-state index contributed by atoms with van der Waals surface area (Å²) in [7, 11) is 2.19. The number of hydrogen-bond donors (Lipinski definition) is 1. The van der Waals surface area contributed by atoms with Gasteiger partial charge in [0.2, 0.25) is 0 Å². The Morgan fingerprint density at radius 1 is 1.47 bits per heavy atom. The minimum absolute atomic E-state index is 0.541. The number of aryl methyl sites for hydroxylation is 1. The predicted molar refractivity (Wildman–Crippen MR) is 75.4 cm³/mol. The first-order valence-corrected chi connectivity index (χ1v) is 6.94. The van der Waals surface area contributed by atoms with Gasteiger partial charge in [-0.3, -0.25) is 0 Å². The zero-order valence-electron chi connectivity index (χ0n) is 10.7. The molecule has 2 rings (SSSR count). The van der Waals surface area contributed by atoms with Crippen LogP contribution in [0.1, 0.15) is 19.0 Å². The number of anilines is 1. The molecule has 0 bridgehead atoms. The maximum Gasteiger partial charge on any atom is 0.126 e. The summed E-state index contributed by atoms with van der Waals surface area (Å²) in [5, 5.41) is 3.56. The lowest BCUT2D eigenvalue weighted by atomic mass is 9.94. The van der Waals surface area contributed by atoms with Gasteiger partial charge in [0.05, 0.1) is 5.69 Å².